The van der Waals surface area contributed by atoms with Crippen molar-refractivity contribution in [3.8, 4) is 17.1 Å². The van der Waals surface area contributed by atoms with Crippen molar-refractivity contribution in [3.05, 3.63) is 89.0 Å². The summed E-state index contributed by atoms with van der Waals surface area (Å²) in [6.07, 6.45) is 1.89. The average Bonchev–Trinajstić information content (AvgIpc) is 2.94. The number of hydrogen-bond acceptors (Lipinski definition) is 2. The van der Waals surface area contributed by atoms with Gasteiger partial charge in [-0.2, -0.15) is 0 Å². The van der Waals surface area contributed by atoms with Crippen molar-refractivity contribution in [1.29, 1.82) is 0 Å². The maximum Gasteiger partial charge on any atom is 0.457 e. The topological polar surface area (TPSA) is 40.3 Å². The molecule has 0 aliphatic carbocycles. The molecular weight excluding hydrogens is 314 g/mol. The molecule has 0 amide bonds. The molecule has 2 aromatic heterocycles. The first-order valence-electron chi connectivity index (χ1n) is 8.05. The van der Waals surface area contributed by atoms with Crippen LogP contribution in [0.3, 0.4) is 0 Å². The highest BCUT2D eigenvalue weighted by Gasteiger charge is 2.23. The second-order valence-electron chi connectivity index (χ2n) is 5.87. The number of benzene rings is 2. The number of aryl methyl sites for hydroxylation is 1. The van der Waals surface area contributed by atoms with Gasteiger partial charge in [0.25, 0.3) is 0 Å². The van der Waals surface area contributed by atoms with Gasteiger partial charge in [0.15, 0.2) is 0 Å². The van der Waals surface area contributed by atoms with Crippen LogP contribution in [-0.4, -0.2) is 16.4 Å². The Morgan fingerprint density at radius 3 is 2.24 bits per heavy atom. The molecule has 0 bridgehead atoms. The Morgan fingerprint density at radius 2 is 1.56 bits per heavy atom. The SMILES string of the molecule is COc1ccc(-n2c(=O)n(-c3ccc(C)cc3)[n+]3ccccc23)cc1. The Kier molecular flexibility index (Phi) is 3.61. The van der Waals surface area contributed by atoms with Gasteiger partial charge in [-0.25, -0.2) is 4.79 Å². The Morgan fingerprint density at radius 1 is 0.880 bits per heavy atom. The van der Waals surface area contributed by atoms with E-state index >= 15 is 0 Å². The van der Waals surface area contributed by atoms with E-state index in [0.717, 1.165) is 28.3 Å². The van der Waals surface area contributed by atoms with Crippen molar-refractivity contribution in [2.24, 2.45) is 0 Å². The normalized spacial score (nSPS) is 11.0. The molecule has 0 aliphatic heterocycles. The summed E-state index contributed by atoms with van der Waals surface area (Å²) in [7, 11) is 1.63. The molecule has 0 radical (unpaired) electrons. The van der Waals surface area contributed by atoms with Gasteiger partial charge in [-0.3, -0.25) is 0 Å². The van der Waals surface area contributed by atoms with Gasteiger partial charge in [0.05, 0.1) is 12.8 Å². The predicted molar refractivity (Wildman–Crippen MR) is 95.8 cm³/mol. The summed E-state index contributed by atoms with van der Waals surface area (Å²) in [5.74, 6) is 0.756. The molecule has 0 atom stereocenters. The molecule has 0 unspecified atom stereocenters. The molecule has 4 aromatic rings. The third-order valence-electron chi connectivity index (χ3n) is 4.24. The summed E-state index contributed by atoms with van der Waals surface area (Å²) in [5.41, 5.74) is 3.43. The van der Waals surface area contributed by atoms with Crippen LogP contribution in [0, 0.1) is 6.92 Å². The molecule has 124 valence electrons. The minimum Gasteiger partial charge on any atom is -0.497 e. The first kappa shape index (κ1) is 15.2. The van der Waals surface area contributed by atoms with Gasteiger partial charge in [0, 0.05) is 6.07 Å². The minimum absolute atomic E-state index is 0.125. The summed E-state index contributed by atoms with van der Waals surface area (Å²) in [6.45, 7) is 2.03. The van der Waals surface area contributed by atoms with Crippen LogP contribution in [0.25, 0.3) is 17.0 Å². The van der Waals surface area contributed by atoms with E-state index in [0.29, 0.717) is 0 Å². The van der Waals surface area contributed by atoms with E-state index in [2.05, 4.69) is 0 Å². The quantitative estimate of drug-likeness (QED) is 0.541. The molecule has 0 saturated heterocycles. The van der Waals surface area contributed by atoms with Crippen molar-refractivity contribution in [1.82, 2.24) is 9.25 Å². The van der Waals surface area contributed by atoms with Crippen LogP contribution < -0.4 is 14.9 Å². The maximum atomic E-state index is 13.2. The lowest BCUT2D eigenvalue weighted by molar-refractivity contribution is -0.600. The first-order chi connectivity index (χ1) is 12.2. The van der Waals surface area contributed by atoms with Gasteiger partial charge in [-0.05, 0) is 49.4 Å². The van der Waals surface area contributed by atoms with Crippen LogP contribution in [0.15, 0.2) is 77.7 Å². The number of ether oxygens (including phenoxy) is 1. The van der Waals surface area contributed by atoms with E-state index in [-0.39, 0.29) is 5.69 Å². The van der Waals surface area contributed by atoms with Crippen LogP contribution in [0.2, 0.25) is 0 Å². The van der Waals surface area contributed by atoms with Gasteiger partial charge in [0.2, 0.25) is 0 Å². The second-order valence-corrected chi connectivity index (χ2v) is 5.87. The fourth-order valence-electron chi connectivity index (χ4n) is 2.95. The zero-order chi connectivity index (χ0) is 17.4. The second kappa shape index (κ2) is 5.94. The smallest absolute Gasteiger partial charge is 0.457 e. The molecule has 25 heavy (non-hydrogen) atoms. The fourth-order valence-corrected chi connectivity index (χ4v) is 2.95. The number of methoxy groups -OCH3 is 1. The highest BCUT2D eigenvalue weighted by atomic mass is 16.5. The Hall–Kier alpha value is -3.34. The van der Waals surface area contributed by atoms with Crippen molar-refractivity contribution in [3.63, 3.8) is 0 Å². The lowest BCUT2D eigenvalue weighted by Gasteiger charge is -1.99. The molecule has 2 aromatic carbocycles. The average molecular weight is 332 g/mol. The molecule has 4 rings (SSSR count). The minimum atomic E-state index is -0.125. The van der Waals surface area contributed by atoms with Gasteiger partial charge in [0.1, 0.15) is 17.6 Å². The standard InChI is InChI=1S/C20H18N3O2/c1-15-6-8-17(9-7-15)23-20(24)22(19-5-3-4-14-21(19)23)16-10-12-18(25-2)13-11-16/h3-14H,1-2H3/q+1. The highest BCUT2D eigenvalue weighted by Crippen LogP contribution is 2.15. The number of rotatable bonds is 3. The van der Waals surface area contributed by atoms with Gasteiger partial charge in [-0.1, -0.05) is 23.8 Å². The molecular formula is C20H18N3O2+. The Labute approximate surface area is 144 Å². The van der Waals surface area contributed by atoms with Crippen LogP contribution in [0.1, 0.15) is 5.56 Å². The van der Waals surface area contributed by atoms with E-state index in [4.69, 9.17) is 4.74 Å². The van der Waals surface area contributed by atoms with Crippen LogP contribution in [-0.2, 0) is 0 Å². The molecule has 2 heterocycles. The molecule has 0 fully saturated rings. The maximum absolute atomic E-state index is 13.2. The van der Waals surface area contributed by atoms with E-state index in [1.165, 1.54) is 0 Å². The highest BCUT2D eigenvalue weighted by molar-refractivity contribution is 5.46. The molecule has 5 nitrogen and oxygen atoms in total. The Balaban J connectivity index is 2.01. The first-order valence-corrected chi connectivity index (χ1v) is 8.05. The van der Waals surface area contributed by atoms with E-state index in [1.54, 1.807) is 16.4 Å². The third-order valence-corrected chi connectivity index (χ3v) is 4.24. The zero-order valence-electron chi connectivity index (χ0n) is 14.1. The summed E-state index contributed by atoms with van der Waals surface area (Å²) < 4.78 is 10.4. The van der Waals surface area contributed by atoms with Crippen molar-refractivity contribution in [2.45, 2.75) is 6.92 Å². The van der Waals surface area contributed by atoms with E-state index < -0.39 is 0 Å². The monoisotopic (exact) mass is 332 g/mol. The number of fused-ring (bicyclic) bond motifs is 1. The van der Waals surface area contributed by atoms with Crippen molar-refractivity contribution >= 4 is 5.65 Å². The van der Waals surface area contributed by atoms with E-state index in [1.807, 2.05) is 84.4 Å². The lowest BCUT2D eigenvalue weighted by atomic mass is 10.2. The van der Waals surface area contributed by atoms with Crippen molar-refractivity contribution in [2.75, 3.05) is 7.11 Å². The summed E-state index contributed by atoms with van der Waals surface area (Å²) >= 11 is 0. The fraction of sp³-hybridized carbons (Fsp3) is 0.100. The molecule has 0 N–H and O–H groups in total. The number of pyridine rings is 1. The molecule has 0 aliphatic rings. The zero-order valence-corrected chi connectivity index (χ0v) is 14.1. The molecule has 0 saturated carbocycles. The lowest BCUT2D eigenvalue weighted by Crippen LogP contribution is -2.36. The number of hydrogen-bond donors (Lipinski definition) is 0. The van der Waals surface area contributed by atoms with Gasteiger partial charge in [-0.15, -0.1) is 13.8 Å². The summed E-state index contributed by atoms with van der Waals surface area (Å²) in [6, 6.07) is 21.1. The van der Waals surface area contributed by atoms with Crippen LogP contribution >= 0.6 is 0 Å². The summed E-state index contributed by atoms with van der Waals surface area (Å²) in [5, 5.41) is 0. The van der Waals surface area contributed by atoms with Gasteiger partial charge < -0.3 is 4.74 Å². The van der Waals surface area contributed by atoms with Gasteiger partial charge >= 0.3 is 11.3 Å². The predicted octanol–water partition coefficient (Wildman–Crippen LogP) is 2.68. The summed E-state index contributed by atoms with van der Waals surface area (Å²) in [4.78, 5) is 13.2. The Bertz CT molecular complexity index is 1090. The third kappa shape index (κ3) is 2.50. The number of aromatic nitrogens is 3. The molecule has 5 heteroatoms. The van der Waals surface area contributed by atoms with Crippen molar-refractivity contribution < 1.29 is 9.25 Å². The number of nitrogens with zero attached hydrogens (tertiary/aromatic N) is 3. The largest absolute Gasteiger partial charge is 0.497 e. The van der Waals surface area contributed by atoms with Crippen LogP contribution in [0.4, 0.5) is 0 Å². The van der Waals surface area contributed by atoms with Crippen LogP contribution in [0.5, 0.6) is 5.75 Å². The molecule has 0 spiro atoms. The van der Waals surface area contributed by atoms with E-state index in [9.17, 15) is 4.79 Å².